The van der Waals surface area contributed by atoms with Gasteiger partial charge in [-0.25, -0.2) is 4.79 Å². The molecular formula is C20H19F3N2O2. The summed E-state index contributed by atoms with van der Waals surface area (Å²) in [7, 11) is 0. The number of ether oxygens (including phenoxy) is 1. The number of rotatable bonds is 4. The number of halogens is 3. The average molecular weight is 376 g/mol. The molecule has 1 atom stereocenters. The second-order valence-corrected chi connectivity index (χ2v) is 6.19. The van der Waals surface area contributed by atoms with Gasteiger partial charge < -0.3 is 15.8 Å². The number of esters is 1. The number of para-hydroxylation sites is 1. The van der Waals surface area contributed by atoms with E-state index in [0.717, 1.165) is 6.07 Å². The van der Waals surface area contributed by atoms with Crippen LogP contribution in [0.4, 0.5) is 18.9 Å². The summed E-state index contributed by atoms with van der Waals surface area (Å²) in [4.78, 5) is 12.7. The minimum Gasteiger partial charge on any atom is -0.461 e. The molecule has 142 valence electrons. The first-order valence-electron chi connectivity index (χ1n) is 8.44. The first kappa shape index (κ1) is 19.0. The van der Waals surface area contributed by atoms with Crippen molar-refractivity contribution >= 4 is 11.7 Å². The summed E-state index contributed by atoms with van der Waals surface area (Å²) in [6.45, 7) is 1.77. The highest BCUT2D eigenvalue weighted by atomic mass is 19.4. The lowest BCUT2D eigenvalue weighted by Crippen LogP contribution is -2.27. The number of carbonyl (C=O) groups excluding carboxylic acids is 1. The largest absolute Gasteiger partial charge is 0.461 e. The van der Waals surface area contributed by atoms with E-state index in [9.17, 15) is 18.0 Å². The van der Waals surface area contributed by atoms with Crippen molar-refractivity contribution in [3.63, 3.8) is 0 Å². The number of nitrogens with one attached hydrogen (secondary N) is 1. The maximum absolute atomic E-state index is 13.6. The van der Waals surface area contributed by atoms with Gasteiger partial charge in [-0.2, -0.15) is 13.2 Å². The summed E-state index contributed by atoms with van der Waals surface area (Å²) in [5.74, 6) is -1.58. The van der Waals surface area contributed by atoms with Gasteiger partial charge in [0.1, 0.15) is 6.61 Å². The summed E-state index contributed by atoms with van der Waals surface area (Å²) < 4.78 is 46.1. The molecule has 1 aliphatic heterocycles. The third-order valence-electron chi connectivity index (χ3n) is 4.43. The van der Waals surface area contributed by atoms with Crippen LogP contribution in [-0.2, 0) is 15.7 Å². The van der Waals surface area contributed by atoms with Crippen LogP contribution in [0.3, 0.4) is 0 Å². The number of hydrogen-bond donors (Lipinski definition) is 2. The van der Waals surface area contributed by atoms with Crippen LogP contribution in [0, 0.1) is 0 Å². The van der Waals surface area contributed by atoms with Crippen molar-refractivity contribution in [3.8, 4) is 0 Å². The molecule has 4 nitrogen and oxygen atoms in total. The van der Waals surface area contributed by atoms with Gasteiger partial charge in [0.25, 0.3) is 0 Å². The van der Waals surface area contributed by atoms with Gasteiger partial charge in [0.2, 0.25) is 0 Å². The number of hydrogen-bond acceptors (Lipinski definition) is 4. The molecule has 27 heavy (non-hydrogen) atoms. The van der Waals surface area contributed by atoms with Crippen molar-refractivity contribution < 1.29 is 22.7 Å². The molecule has 0 saturated heterocycles. The quantitative estimate of drug-likeness (QED) is 0.791. The van der Waals surface area contributed by atoms with E-state index in [1.54, 1.807) is 31.2 Å². The summed E-state index contributed by atoms with van der Waals surface area (Å²) in [5, 5.41) is 3.09. The minimum absolute atomic E-state index is 0.00903. The maximum Gasteiger partial charge on any atom is 0.416 e. The number of benzene rings is 2. The molecule has 3 N–H and O–H groups in total. The summed E-state index contributed by atoms with van der Waals surface area (Å²) in [5.41, 5.74) is 6.47. The number of fused-ring (bicyclic) bond motifs is 1. The average Bonchev–Trinajstić information content (AvgIpc) is 2.64. The van der Waals surface area contributed by atoms with Crippen LogP contribution in [0.1, 0.15) is 29.5 Å². The normalized spacial score (nSPS) is 16.6. The Balaban J connectivity index is 2.22. The Kier molecular flexibility index (Phi) is 5.23. The molecule has 0 saturated carbocycles. The number of allylic oxidation sites excluding steroid dienone is 1. The summed E-state index contributed by atoms with van der Waals surface area (Å²) in [6.07, 6.45) is -4.55. The molecule has 2 aromatic rings. The Bertz CT molecular complexity index is 891. The first-order valence-corrected chi connectivity index (χ1v) is 8.44. The van der Waals surface area contributed by atoms with E-state index in [0.29, 0.717) is 16.9 Å². The molecule has 1 aliphatic rings. The predicted molar refractivity (Wildman–Crippen MR) is 96.1 cm³/mol. The highest BCUT2D eigenvalue weighted by Crippen LogP contribution is 2.46. The lowest BCUT2D eigenvalue weighted by Gasteiger charge is -2.31. The van der Waals surface area contributed by atoms with Crippen molar-refractivity contribution in [2.45, 2.75) is 19.0 Å². The lowest BCUT2D eigenvalue weighted by atomic mass is 9.79. The van der Waals surface area contributed by atoms with Crippen molar-refractivity contribution in [2.75, 3.05) is 18.5 Å². The van der Waals surface area contributed by atoms with E-state index < -0.39 is 23.6 Å². The predicted octanol–water partition coefficient (Wildman–Crippen LogP) is 4.04. The molecule has 0 aromatic heterocycles. The summed E-state index contributed by atoms with van der Waals surface area (Å²) in [6, 6.07) is 12.3. The number of nitrogens with two attached hydrogens (primary N) is 1. The molecule has 0 radical (unpaired) electrons. The fraction of sp³-hybridized carbons (Fsp3) is 0.250. The van der Waals surface area contributed by atoms with Crippen molar-refractivity contribution in [1.29, 1.82) is 0 Å². The molecule has 0 aliphatic carbocycles. The van der Waals surface area contributed by atoms with Crippen molar-refractivity contribution in [3.05, 3.63) is 76.5 Å². The molecule has 3 rings (SSSR count). The standard InChI is InChI=1S/C20H19F3N2O2/c1-12-17(19(26)27-11-10-24)18(14-7-3-5-9-16(14)25-12)13-6-2-4-8-15(13)20(21,22)23/h2-9,18,25H,10-11,24H2,1H3. The SMILES string of the molecule is CC1=C(C(=O)OCCN)C(c2ccccc2C(F)(F)F)c2ccccc2N1. The molecule has 0 amide bonds. The Hall–Kier alpha value is -2.80. The van der Waals surface area contributed by atoms with E-state index in [1.807, 2.05) is 0 Å². The van der Waals surface area contributed by atoms with Crippen LogP contribution in [0.5, 0.6) is 0 Å². The Morgan fingerprint density at radius 1 is 1.11 bits per heavy atom. The third kappa shape index (κ3) is 3.68. The van der Waals surface area contributed by atoms with Crippen LogP contribution in [0.2, 0.25) is 0 Å². The van der Waals surface area contributed by atoms with Crippen LogP contribution >= 0.6 is 0 Å². The van der Waals surface area contributed by atoms with Crippen molar-refractivity contribution in [2.24, 2.45) is 5.73 Å². The minimum atomic E-state index is -4.55. The van der Waals surface area contributed by atoms with Gasteiger partial charge in [0.15, 0.2) is 0 Å². The first-order chi connectivity index (χ1) is 12.8. The molecule has 0 fully saturated rings. The fourth-order valence-corrected chi connectivity index (χ4v) is 3.33. The lowest BCUT2D eigenvalue weighted by molar-refractivity contribution is -0.140. The second-order valence-electron chi connectivity index (χ2n) is 6.19. The van der Waals surface area contributed by atoms with Crippen LogP contribution in [0.25, 0.3) is 0 Å². The zero-order valence-corrected chi connectivity index (χ0v) is 14.6. The van der Waals surface area contributed by atoms with Gasteiger partial charge in [0, 0.05) is 23.8 Å². The van der Waals surface area contributed by atoms with E-state index in [-0.39, 0.29) is 24.3 Å². The van der Waals surface area contributed by atoms with E-state index in [1.165, 1.54) is 18.2 Å². The molecular weight excluding hydrogens is 357 g/mol. The van der Waals surface area contributed by atoms with Gasteiger partial charge in [-0.3, -0.25) is 0 Å². The van der Waals surface area contributed by atoms with Gasteiger partial charge >= 0.3 is 12.1 Å². The smallest absolute Gasteiger partial charge is 0.416 e. The molecule has 7 heteroatoms. The van der Waals surface area contributed by atoms with Gasteiger partial charge in [-0.15, -0.1) is 0 Å². The number of alkyl halides is 3. The van der Waals surface area contributed by atoms with Gasteiger partial charge in [0.05, 0.1) is 11.1 Å². The third-order valence-corrected chi connectivity index (χ3v) is 4.43. The molecule has 0 bridgehead atoms. The topological polar surface area (TPSA) is 64.3 Å². The van der Waals surface area contributed by atoms with E-state index in [2.05, 4.69) is 5.32 Å². The highest BCUT2D eigenvalue weighted by Gasteiger charge is 2.40. The zero-order chi connectivity index (χ0) is 19.6. The van der Waals surface area contributed by atoms with E-state index >= 15 is 0 Å². The Morgan fingerprint density at radius 3 is 2.41 bits per heavy atom. The van der Waals surface area contributed by atoms with Crippen LogP contribution < -0.4 is 11.1 Å². The van der Waals surface area contributed by atoms with Gasteiger partial charge in [-0.05, 0) is 30.2 Å². The Morgan fingerprint density at radius 2 is 1.74 bits per heavy atom. The maximum atomic E-state index is 13.6. The molecule has 1 heterocycles. The van der Waals surface area contributed by atoms with E-state index in [4.69, 9.17) is 10.5 Å². The van der Waals surface area contributed by atoms with Crippen molar-refractivity contribution in [1.82, 2.24) is 0 Å². The zero-order valence-electron chi connectivity index (χ0n) is 14.6. The number of carbonyl (C=O) groups is 1. The molecule has 1 unspecified atom stereocenters. The monoisotopic (exact) mass is 376 g/mol. The van der Waals surface area contributed by atoms with Gasteiger partial charge in [-0.1, -0.05) is 36.4 Å². The van der Waals surface area contributed by atoms with Crippen LogP contribution in [-0.4, -0.2) is 19.1 Å². The molecule has 2 aromatic carbocycles. The Labute approximate surface area is 154 Å². The highest BCUT2D eigenvalue weighted by molar-refractivity contribution is 5.94. The second kappa shape index (κ2) is 7.44. The molecule has 0 spiro atoms. The fourth-order valence-electron chi connectivity index (χ4n) is 3.33. The summed E-state index contributed by atoms with van der Waals surface area (Å²) >= 11 is 0. The van der Waals surface area contributed by atoms with Crippen LogP contribution in [0.15, 0.2) is 59.8 Å². The number of anilines is 1.